The van der Waals surface area contributed by atoms with E-state index in [4.69, 9.17) is 4.74 Å². The van der Waals surface area contributed by atoms with Crippen LogP contribution in [-0.4, -0.2) is 68.7 Å². The summed E-state index contributed by atoms with van der Waals surface area (Å²) in [5, 5.41) is 36.2. The number of aliphatic hydroxyl groups is 1. The van der Waals surface area contributed by atoms with Crippen molar-refractivity contribution in [3.8, 4) is 11.5 Å². The van der Waals surface area contributed by atoms with Crippen LogP contribution in [-0.2, 0) is 6.54 Å². The molecule has 52 heavy (non-hydrogen) atoms. The van der Waals surface area contributed by atoms with E-state index < -0.39 is 0 Å². The van der Waals surface area contributed by atoms with Crippen LogP contribution >= 0.6 is 0 Å². The van der Waals surface area contributed by atoms with Crippen LogP contribution in [0.3, 0.4) is 0 Å². The predicted octanol–water partition coefficient (Wildman–Crippen LogP) is 8.28. The molecule has 0 saturated heterocycles. The van der Waals surface area contributed by atoms with Gasteiger partial charge in [-0.05, 0) is 186 Å². The number of ether oxygens (including phenoxy) is 1. The number of benzene rings is 1. The van der Waals surface area contributed by atoms with E-state index in [2.05, 4.69) is 55.9 Å². The average Bonchev–Trinajstić information content (AvgIpc) is 3.48. The summed E-state index contributed by atoms with van der Waals surface area (Å²) in [6.07, 6.45) is 19.3. The van der Waals surface area contributed by atoms with Gasteiger partial charge in [-0.25, -0.2) is 0 Å². The Morgan fingerprint density at radius 3 is 2.17 bits per heavy atom. The van der Waals surface area contributed by atoms with Crippen molar-refractivity contribution in [3.63, 3.8) is 0 Å². The van der Waals surface area contributed by atoms with Gasteiger partial charge in [0.1, 0.15) is 0 Å². The topological polar surface area (TPSA) is 97.8 Å². The molecule has 7 heteroatoms. The van der Waals surface area contributed by atoms with Crippen molar-refractivity contribution in [2.24, 2.45) is 52.3 Å². The SMILES string of the molecule is COc1cc(CNCCCNCCCCNCCCN[C@H]2CC[C@]3(C)C4CC[C@@]5(C)C(CC[C@@H]5[C@H](C)CCCC(C)C)C4[C@H](O)C[C@@H]3C2)ccc1O. The Kier molecular flexibility index (Phi) is 16.1. The largest absolute Gasteiger partial charge is 0.504 e. The molecule has 5 rings (SSSR count). The highest BCUT2D eigenvalue weighted by molar-refractivity contribution is 5.41. The Morgan fingerprint density at radius 1 is 0.769 bits per heavy atom. The van der Waals surface area contributed by atoms with Gasteiger partial charge in [-0.15, -0.1) is 0 Å². The molecule has 7 nitrogen and oxygen atoms in total. The van der Waals surface area contributed by atoms with E-state index in [9.17, 15) is 10.2 Å². The molecule has 3 unspecified atom stereocenters. The van der Waals surface area contributed by atoms with Crippen molar-refractivity contribution in [1.82, 2.24) is 21.3 Å². The summed E-state index contributed by atoms with van der Waals surface area (Å²) in [5.74, 6) is 5.88. The number of unbranched alkanes of at least 4 members (excludes halogenated alkanes) is 1. The molecule has 1 aromatic rings. The molecular weight excluding hydrogens is 645 g/mol. The van der Waals surface area contributed by atoms with Gasteiger partial charge in [0.25, 0.3) is 0 Å². The van der Waals surface area contributed by atoms with E-state index in [-0.39, 0.29) is 11.9 Å². The van der Waals surface area contributed by atoms with E-state index in [1.165, 1.54) is 83.5 Å². The molecule has 0 aromatic heterocycles. The molecule has 4 aliphatic carbocycles. The second kappa shape index (κ2) is 20.0. The lowest BCUT2D eigenvalue weighted by molar-refractivity contribution is -0.167. The van der Waals surface area contributed by atoms with Crippen LogP contribution in [0.5, 0.6) is 11.5 Å². The van der Waals surface area contributed by atoms with Crippen LogP contribution in [0.4, 0.5) is 0 Å². The van der Waals surface area contributed by atoms with Crippen LogP contribution in [0, 0.1) is 52.3 Å². The summed E-state index contributed by atoms with van der Waals surface area (Å²) in [4.78, 5) is 0. The van der Waals surface area contributed by atoms with Gasteiger partial charge in [0.05, 0.1) is 13.2 Å². The number of hydrogen-bond donors (Lipinski definition) is 6. The van der Waals surface area contributed by atoms with Gasteiger partial charge in [-0.2, -0.15) is 0 Å². The maximum atomic E-state index is 11.9. The third-order valence-electron chi connectivity index (χ3n) is 15.1. The lowest BCUT2D eigenvalue weighted by Crippen LogP contribution is -2.59. The Hall–Kier alpha value is -1.38. The second-order valence-electron chi connectivity index (χ2n) is 18.8. The molecule has 0 bridgehead atoms. The predicted molar refractivity (Wildman–Crippen MR) is 217 cm³/mol. The van der Waals surface area contributed by atoms with Gasteiger partial charge in [-0.1, -0.05) is 59.9 Å². The Balaban J connectivity index is 0.902. The Morgan fingerprint density at radius 2 is 1.44 bits per heavy atom. The third kappa shape index (κ3) is 10.5. The molecule has 0 heterocycles. The molecule has 0 amide bonds. The molecular formula is C45H80N4O3. The van der Waals surface area contributed by atoms with Crippen molar-refractivity contribution in [1.29, 1.82) is 0 Å². The highest BCUT2D eigenvalue weighted by Crippen LogP contribution is 2.68. The van der Waals surface area contributed by atoms with Crippen LogP contribution in [0.1, 0.15) is 136 Å². The molecule has 0 radical (unpaired) electrons. The molecule has 0 aliphatic heterocycles. The van der Waals surface area contributed by atoms with Crippen LogP contribution in [0.2, 0.25) is 0 Å². The monoisotopic (exact) mass is 725 g/mol. The maximum Gasteiger partial charge on any atom is 0.160 e. The zero-order valence-corrected chi connectivity index (χ0v) is 34.3. The molecule has 6 N–H and O–H groups in total. The molecule has 4 saturated carbocycles. The van der Waals surface area contributed by atoms with E-state index in [0.29, 0.717) is 34.5 Å². The van der Waals surface area contributed by atoms with Crippen molar-refractivity contribution < 1.29 is 14.9 Å². The summed E-state index contributed by atoms with van der Waals surface area (Å²) >= 11 is 0. The molecule has 10 atom stereocenters. The maximum absolute atomic E-state index is 11.9. The van der Waals surface area contributed by atoms with Crippen molar-refractivity contribution in [3.05, 3.63) is 23.8 Å². The summed E-state index contributed by atoms with van der Waals surface area (Å²) < 4.78 is 5.19. The number of phenols is 1. The third-order valence-corrected chi connectivity index (χ3v) is 15.1. The highest BCUT2D eigenvalue weighted by atomic mass is 16.5. The number of fused-ring (bicyclic) bond motifs is 5. The van der Waals surface area contributed by atoms with E-state index in [0.717, 1.165) is 93.8 Å². The fraction of sp³-hybridized carbons (Fsp3) is 0.867. The fourth-order valence-corrected chi connectivity index (χ4v) is 12.1. The minimum atomic E-state index is -0.0918. The van der Waals surface area contributed by atoms with Crippen LogP contribution in [0.25, 0.3) is 0 Å². The first-order valence-corrected chi connectivity index (χ1v) is 22.0. The molecule has 0 spiro atoms. The Labute approximate surface area is 319 Å². The zero-order chi connectivity index (χ0) is 37.1. The van der Waals surface area contributed by atoms with Crippen LogP contribution in [0.15, 0.2) is 18.2 Å². The smallest absolute Gasteiger partial charge is 0.160 e. The number of phenolic OH excluding ortho intramolecular Hbond substituents is 1. The van der Waals surface area contributed by atoms with Gasteiger partial charge < -0.3 is 36.2 Å². The lowest BCUT2D eigenvalue weighted by atomic mass is 9.43. The highest BCUT2D eigenvalue weighted by Gasteiger charge is 2.62. The van der Waals surface area contributed by atoms with Gasteiger partial charge >= 0.3 is 0 Å². The van der Waals surface area contributed by atoms with Gasteiger partial charge in [-0.3, -0.25) is 0 Å². The fourth-order valence-electron chi connectivity index (χ4n) is 12.1. The van der Waals surface area contributed by atoms with Gasteiger partial charge in [0.2, 0.25) is 0 Å². The van der Waals surface area contributed by atoms with E-state index in [1.807, 2.05) is 12.1 Å². The van der Waals surface area contributed by atoms with Gasteiger partial charge in [0.15, 0.2) is 11.5 Å². The van der Waals surface area contributed by atoms with Crippen molar-refractivity contribution in [2.75, 3.05) is 46.4 Å². The summed E-state index contributed by atoms with van der Waals surface area (Å²) in [5.41, 5.74) is 1.98. The number of hydrogen-bond acceptors (Lipinski definition) is 7. The van der Waals surface area contributed by atoms with E-state index >= 15 is 0 Å². The van der Waals surface area contributed by atoms with E-state index in [1.54, 1.807) is 13.2 Å². The summed E-state index contributed by atoms with van der Waals surface area (Å²) in [6.45, 7) is 19.7. The lowest BCUT2D eigenvalue weighted by Gasteiger charge is -2.62. The minimum absolute atomic E-state index is 0.0918. The number of methoxy groups -OCH3 is 1. The molecule has 1 aromatic carbocycles. The normalized spacial score (nSPS) is 33.4. The molecule has 4 aliphatic rings. The number of aromatic hydroxyl groups is 1. The second-order valence-corrected chi connectivity index (χ2v) is 18.8. The number of aliphatic hydroxyl groups excluding tert-OH is 1. The van der Waals surface area contributed by atoms with Crippen molar-refractivity contribution in [2.45, 2.75) is 150 Å². The first kappa shape index (κ1) is 41.8. The standard InChI is InChI=1S/C45H80N4O3/c1-32(2)12-9-13-33(3)37-15-16-38-43-39(19-21-45(37,38)5)44(4)20-18-36(29-35(44)30-41(43)51)49-27-11-25-47-23-8-7-22-46-24-10-26-48-31-34-14-17-40(50)42(28-34)52-6/h14,17,28,32-33,35-39,41,43,46-51H,7-13,15-16,18-27,29-31H2,1-6H3/t33-,35+,36+,37-,38?,39?,41-,43?,44+,45-/m1/s1. The molecule has 4 fully saturated rings. The number of rotatable bonds is 22. The minimum Gasteiger partial charge on any atom is -0.504 e. The summed E-state index contributed by atoms with van der Waals surface area (Å²) in [6, 6.07) is 6.13. The van der Waals surface area contributed by atoms with Crippen molar-refractivity contribution >= 4 is 0 Å². The zero-order valence-electron chi connectivity index (χ0n) is 34.3. The summed E-state index contributed by atoms with van der Waals surface area (Å²) in [7, 11) is 1.58. The van der Waals surface area contributed by atoms with Crippen LogP contribution < -0.4 is 26.0 Å². The average molecular weight is 725 g/mol. The number of nitrogens with one attached hydrogen (secondary N) is 4. The Bertz CT molecular complexity index is 1200. The quantitative estimate of drug-likeness (QED) is 0.0671. The molecule has 298 valence electrons. The van der Waals surface area contributed by atoms with Gasteiger partial charge in [0, 0.05) is 12.6 Å². The first-order chi connectivity index (χ1) is 25.1. The first-order valence-electron chi connectivity index (χ1n) is 22.0.